The van der Waals surface area contributed by atoms with Crippen molar-refractivity contribution >= 4 is 21.4 Å². The Hall–Kier alpha value is -2.35. The van der Waals surface area contributed by atoms with Crippen LogP contribution in [0.15, 0.2) is 41.4 Å². The number of benzene rings is 1. The number of aromatic nitrogens is 2. The average molecular weight is 362 g/mol. The molecule has 0 radical (unpaired) electrons. The Morgan fingerprint density at radius 1 is 1.24 bits per heavy atom. The molecule has 7 nitrogen and oxygen atoms in total. The predicted molar refractivity (Wildman–Crippen MR) is 95.5 cm³/mol. The summed E-state index contributed by atoms with van der Waals surface area (Å²) >= 11 is 0. The van der Waals surface area contributed by atoms with Gasteiger partial charge < -0.3 is 10.2 Å². The molecule has 1 unspecified atom stereocenters. The maximum absolute atomic E-state index is 12.3. The van der Waals surface area contributed by atoms with E-state index in [0.717, 1.165) is 25.1 Å². The van der Waals surface area contributed by atoms with Gasteiger partial charge in [-0.15, -0.1) is 0 Å². The highest BCUT2D eigenvalue weighted by atomic mass is 32.2. The average Bonchev–Trinajstić information content (AvgIpc) is 3.01. The van der Waals surface area contributed by atoms with Crippen molar-refractivity contribution in [3.05, 3.63) is 42.2 Å². The van der Waals surface area contributed by atoms with E-state index >= 15 is 0 Å². The summed E-state index contributed by atoms with van der Waals surface area (Å²) in [6.45, 7) is 1.57. The Morgan fingerprint density at radius 3 is 2.56 bits per heavy atom. The van der Waals surface area contributed by atoms with Crippen molar-refractivity contribution in [2.75, 3.05) is 24.2 Å². The van der Waals surface area contributed by atoms with Gasteiger partial charge in [-0.3, -0.25) is 9.48 Å². The lowest BCUT2D eigenvalue weighted by Crippen LogP contribution is -2.48. The highest BCUT2D eigenvalue weighted by Gasteiger charge is 2.23. The number of rotatable bonds is 4. The summed E-state index contributed by atoms with van der Waals surface area (Å²) in [6.07, 6.45) is 4.81. The zero-order valence-corrected chi connectivity index (χ0v) is 15.2. The highest BCUT2D eigenvalue weighted by molar-refractivity contribution is 7.90. The Labute approximate surface area is 147 Å². The third-order valence-corrected chi connectivity index (χ3v) is 5.46. The molecule has 1 aliphatic rings. The van der Waals surface area contributed by atoms with Gasteiger partial charge in [0.05, 0.1) is 4.90 Å². The van der Waals surface area contributed by atoms with Gasteiger partial charge >= 0.3 is 0 Å². The first-order valence-corrected chi connectivity index (χ1v) is 10.1. The number of hydrogen-bond acceptors (Lipinski definition) is 5. The Bertz CT molecular complexity index is 858. The number of carbonyl (C=O) groups is 1. The third kappa shape index (κ3) is 4.19. The van der Waals surface area contributed by atoms with E-state index in [0.29, 0.717) is 17.1 Å². The van der Waals surface area contributed by atoms with Crippen LogP contribution in [0.5, 0.6) is 0 Å². The van der Waals surface area contributed by atoms with Gasteiger partial charge in [0.2, 0.25) is 0 Å². The van der Waals surface area contributed by atoms with Crippen molar-refractivity contribution in [2.45, 2.75) is 23.8 Å². The Morgan fingerprint density at radius 2 is 1.96 bits per heavy atom. The van der Waals surface area contributed by atoms with E-state index in [2.05, 4.69) is 15.3 Å². The normalized spacial score (nSPS) is 18.2. The van der Waals surface area contributed by atoms with Gasteiger partial charge in [-0.2, -0.15) is 5.10 Å². The van der Waals surface area contributed by atoms with E-state index in [9.17, 15) is 13.2 Å². The molecule has 2 heterocycles. The summed E-state index contributed by atoms with van der Waals surface area (Å²) in [5.74, 6) is -0.167. The summed E-state index contributed by atoms with van der Waals surface area (Å²) in [5.41, 5.74) is 1.38. The second kappa shape index (κ2) is 6.87. The monoisotopic (exact) mass is 362 g/mol. The van der Waals surface area contributed by atoms with Gasteiger partial charge in [0.15, 0.2) is 9.84 Å². The fourth-order valence-corrected chi connectivity index (χ4v) is 3.66. The largest absolute Gasteiger partial charge is 0.369 e. The van der Waals surface area contributed by atoms with Crippen LogP contribution in [-0.4, -0.2) is 49.5 Å². The number of carbonyl (C=O) groups excluding carboxylic acids is 1. The minimum Gasteiger partial charge on any atom is -0.369 e. The summed E-state index contributed by atoms with van der Waals surface area (Å²) in [7, 11) is -1.41. The van der Waals surface area contributed by atoms with Crippen molar-refractivity contribution in [1.82, 2.24) is 15.1 Å². The lowest BCUT2D eigenvalue weighted by atomic mass is 10.0. The van der Waals surface area contributed by atoms with Gasteiger partial charge in [0.1, 0.15) is 5.69 Å². The zero-order chi connectivity index (χ0) is 18.0. The highest BCUT2D eigenvalue weighted by Crippen LogP contribution is 2.22. The molecule has 1 N–H and O–H groups in total. The summed E-state index contributed by atoms with van der Waals surface area (Å²) in [5, 5.41) is 7.15. The minimum absolute atomic E-state index is 0.0397. The van der Waals surface area contributed by atoms with Crippen LogP contribution in [0.4, 0.5) is 5.69 Å². The number of aryl methyl sites for hydroxylation is 1. The number of anilines is 1. The second-order valence-corrected chi connectivity index (χ2v) is 8.42. The van der Waals surface area contributed by atoms with Gasteiger partial charge in [-0.1, -0.05) is 0 Å². The molecular weight excluding hydrogens is 340 g/mol. The van der Waals surface area contributed by atoms with Crippen LogP contribution in [0.1, 0.15) is 23.3 Å². The molecule has 0 saturated carbocycles. The quantitative estimate of drug-likeness (QED) is 0.884. The van der Waals surface area contributed by atoms with Crippen LogP contribution in [-0.2, 0) is 16.9 Å². The summed E-state index contributed by atoms with van der Waals surface area (Å²) < 4.78 is 24.7. The summed E-state index contributed by atoms with van der Waals surface area (Å²) in [6, 6.07) is 8.62. The molecule has 1 atom stereocenters. The smallest absolute Gasteiger partial charge is 0.272 e. The SMILES string of the molecule is Cn1ccc(C(=O)NC2CCCN(c3ccc(S(C)(=O)=O)cc3)C2)n1. The number of amides is 1. The molecule has 1 aromatic heterocycles. The van der Waals surface area contributed by atoms with E-state index in [1.165, 1.54) is 6.26 Å². The van der Waals surface area contributed by atoms with Crippen LogP contribution in [0, 0.1) is 0 Å². The molecule has 1 saturated heterocycles. The molecule has 134 valence electrons. The topological polar surface area (TPSA) is 84.3 Å². The second-order valence-electron chi connectivity index (χ2n) is 6.40. The van der Waals surface area contributed by atoms with Crippen molar-refractivity contribution < 1.29 is 13.2 Å². The minimum atomic E-state index is -3.19. The molecule has 0 aliphatic carbocycles. The van der Waals surface area contributed by atoms with E-state index in [1.807, 2.05) is 12.1 Å². The van der Waals surface area contributed by atoms with E-state index in [1.54, 1.807) is 36.1 Å². The molecule has 1 fully saturated rings. The molecule has 0 spiro atoms. The number of sulfone groups is 1. The maximum Gasteiger partial charge on any atom is 0.272 e. The van der Waals surface area contributed by atoms with Crippen molar-refractivity contribution in [2.24, 2.45) is 7.05 Å². The van der Waals surface area contributed by atoms with Crippen molar-refractivity contribution in [3.8, 4) is 0 Å². The Balaban J connectivity index is 1.65. The molecule has 1 amide bonds. The first-order valence-electron chi connectivity index (χ1n) is 8.18. The lowest BCUT2D eigenvalue weighted by Gasteiger charge is -2.34. The van der Waals surface area contributed by atoms with Gasteiger partial charge in [-0.05, 0) is 43.2 Å². The first kappa shape index (κ1) is 17.5. The van der Waals surface area contributed by atoms with Crippen LogP contribution >= 0.6 is 0 Å². The third-order valence-electron chi connectivity index (χ3n) is 4.33. The lowest BCUT2D eigenvalue weighted by molar-refractivity contribution is 0.0927. The number of nitrogens with zero attached hydrogens (tertiary/aromatic N) is 3. The fraction of sp³-hybridized carbons (Fsp3) is 0.412. The number of nitrogens with one attached hydrogen (secondary N) is 1. The van der Waals surface area contributed by atoms with Gasteiger partial charge in [0.25, 0.3) is 5.91 Å². The van der Waals surface area contributed by atoms with Crippen LogP contribution in [0.2, 0.25) is 0 Å². The molecule has 1 aliphatic heterocycles. The molecule has 8 heteroatoms. The Kier molecular flexibility index (Phi) is 4.80. The van der Waals surface area contributed by atoms with Crippen molar-refractivity contribution in [1.29, 1.82) is 0 Å². The van der Waals surface area contributed by atoms with Gasteiger partial charge in [-0.25, -0.2) is 8.42 Å². The molecule has 1 aromatic carbocycles. The van der Waals surface area contributed by atoms with Crippen molar-refractivity contribution in [3.63, 3.8) is 0 Å². The summed E-state index contributed by atoms with van der Waals surface area (Å²) in [4.78, 5) is 14.7. The standard InChI is InChI=1S/C17H22N4O3S/c1-20-11-9-16(19-20)17(22)18-13-4-3-10-21(12-13)14-5-7-15(8-6-14)25(2,23)24/h5-9,11,13H,3-4,10,12H2,1-2H3,(H,18,22). The molecule has 25 heavy (non-hydrogen) atoms. The zero-order valence-electron chi connectivity index (χ0n) is 14.3. The molecule has 2 aromatic rings. The number of hydrogen-bond donors (Lipinski definition) is 1. The molecular formula is C17H22N4O3S. The van der Waals surface area contributed by atoms with Crippen LogP contribution in [0.25, 0.3) is 0 Å². The maximum atomic E-state index is 12.3. The van der Waals surface area contributed by atoms with Crippen LogP contribution < -0.4 is 10.2 Å². The van der Waals surface area contributed by atoms with E-state index in [-0.39, 0.29) is 11.9 Å². The fourth-order valence-electron chi connectivity index (χ4n) is 3.03. The van der Waals surface area contributed by atoms with E-state index < -0.39 is 9.84 Å². The number of piperidine rings is 1. The first-order chi connectivity index (χ1) is 11.8. The van der Waals surface area contributed by atoms with Gasteiger partial charge in [0, 0.05) is 44.3 Å². The molecule has 0 bridgehead atoms. The van der Waals surface area contributed by atoms with Crippen LogP contribution in [0.3, 0.4) is 0 Å². The van der Waals surface area contributed by atoms with E-state index in [4.69, 9.17) is 0 Å². The predicted octanol–water partition coefficient (Wildman–Crippen LogP) is 1.22. The molecule has 3 rings (SSSR count).